The van der Waals surface area contributed by atoms with Crippen LogP contribution in [0.2, 0.25) is 0 Å². The van der Waals surface area contributed by atoms with Gasteiger partial charge < -0.3 is 9.47 Å². The summed E-state index contributed by atoms with van der Waals surface area (Å²) in [7, 11) is -2.00. The molecule has 0 aliphatic carbocycles. The maximum absolute atomic E-state index is 5.93. The molecule has 4 aromatic carbocycles. The van der Waals surface area contributed by atoms with Crippen molar-refractivity contribution in [1.82, 2.24) is 0 Å². The van der Waals surface area contributed by atoms with Crippen molar-refractivity contribution in [3.8, 4) is 11.5 Å². The molecular formula is C28H26O2P+. The summed E-state index contributed by atoms with van der Waals surface area (Å²) in [4.78, 5) is 0. The summed E-state index contributed by atoms with van der Waals surface area (Å²) >= 11 is 0. The molecule has 1 unspecified atom stereocenters. The van der Waals surface area contributed by atoms with E-state index in [4.69, 9.17) is 9.47 Å². The highest BCUT2D eigenvalue weighted by molar-refractivity contribution is 7.95. The minimum Gasteiger partial charge on any atom is -0.486 e. The highest BCUT2D eigenvalue weighted by Gasteiger charge is 2.51. The average molecular weight is 425 g/mol. The molecular weight excluding hydrogens is 399 g/mol. The van der Waals surface area contributed by atoms with Gasteiger partial charge in [0, 0.05) is 0 Å². The quantitative estimate of drug-likeness (QED) is 0.393. The van der Waals surface area contributed by atoms with Crippen LogP contribution in [0.3, 0.4) is 0 Å². The second-order valence-electron chi connectivity index (χ2n) is 7.81. The van der Waals surface area contributed by atoms with Gasteiger partial charge in [0.1, 0.15) is 42.0 Å². The largest absolute Gasteiger partial charge is 0.486 e. The Kier molecular flexibility index (Phi) is 5.49. The molecule has 1 aliphatic heterocycles. The van der Waals surface area contributed by atoms with Crippen LogP contribution in [0, 0.1) is 0 Å². The molecule has 31 heavy (non-hydrogen) atoms. The van der Waals surface area contributed by atoms with E-state index in [1.165, 1.54) is 21.5 Å². The summed E-state index contributed by atoms with van der Waals surface area (Å²) in [5, 5.41) is 4.15. The fourth-order valence-electron chi connectivity index (χ4n) is 4.65. The zero-order valence-electron chi connectivity index (χ0n) is 17.6. The van der Waals surface area contributed by atoms with Crippen LogP contribution < -0.4 is 25.4 Å². The van der Waals surface area contributed by atoms with Crippen molar-refractivity contribution in [2.75, 3.05) is 13.2 Å². The summed E-state index contributed by atoms with van der Waals surface area (Å²) in [5.41, 5.74) is 1.53. The van der Waals surface area contributed by atoms with Gasteiger partial charge in [-0.15, -0.1) is 0 Å². The van der Waals surface area contributed by atoms with Gasteiger partial charge in [0.25, 0.3) is 0 Å². The Bertz CT molecular complexity index is 1050. The summed E-state index contributed by atoms with van der Waals surface area (Å²) in [6.07, 6.45) is 0. The lowest BCUT2D eigenvalue weighted by Crippen LogP contribution is -2.34. The molecule has 0 amide bonds. The lowest BCUT2D eigenvalue weighted by Gasteiger charge is -2.33. The Morgan fingerprint density at radius 3 is 1.52 bits per heavy atom. The van der Waals surface area contributed by atoms with E-state index < -0.39 is 7.26 Å². The molecule has 2 nitrogen and oxygen atoms in total. The zero-order chi connectivity index (χ0) is 21.1. The van der Waals surface area contributed by atoms with E-state index in [0.29, 0.717) is 13.2 Å². The maximum atomic E-state index is 5.93. The third kappa shape index (κ3) is 3.52. The maximum Gasteiger partial charge on any atom is 0.161 e. The molecule has 0 radical (unpaired) electrons. The number of benzene rings is 4. The molecule has 1 aliphatic rings. The van der Waals surface area contributed by atoms with Gasteiger partial charge in [-0.1, -0.05) is 60.7 Å². The second-order valence-corrected chi connectivity index (χ2v) is 11.6. The van der Waals surface area contributed by atoms with E-state index in [-0.39, 0.29) is 5.66 Å². The zero-order valence-corrected chi connectivity index (χ0v) is 18.5. The van der Waals surface area contributed by atoms with Gasteiger partial charge in [-0.2, -0.15) is 0 Å². The van der Waals surface area contributed by atoms with Crippen molar-refractivity contribution in [3.63, 3.8) is 0 Å². The van der Waals surface area contributed by atoms with Crippen molar-refractivity contribution in [2.24, 2.45) is 0 Å². The normalized spacial score (nSPS) is 14.1. The van der Waals surface area contributed by atoms with Crippen LogP contribution in [0.1, 0.15) is 18.1 Å². The van der Waals surface area contributed by atoms with E-state index in [9.17, 15) is 0 Å². The van der Waals surface area contributed by atoms with Crippen LogP contribution in [0.25, 0.3) is 0 Å². The first-order valence-electron chi connectivity index (χ1n) is 10.8. The highest BCUT2D eigenvalue weighted by atomic mass is 31.2. The first kappa shape index (κ1) is 19.8. The van der Waals surface area contributed by atoms with Gasteiger partial charge in [-0.3, -0.25) is 0 Å². The molecule has 1 heterocycles. The van der Waals surface area contributed by atoms with E-state index in [2.05, 4.69) is 116 Å². The van der Waals surface area contributed by atoms with Crippen molar-refractivity contribution < 1.29 is 9.47 Å². The third-order valence-corrected chi connectivity index (χ3v) is 10.9. The van der Waals surface area contributed by atoms with Gasteiger partial charge in [0.15, 0.2) is 11.5 Å². The fourth-order valence-corrected chi connectivity index (χ4v) is 9.42. The highest BCUT2D eigenvalue weighted by Crippen LogP contribution is 2.66. The number of ether oxygens (including phenoxy) is 2. The molecule has 0 bridgehead atoms. The fraction of sp³-hybridized carbons (Fsp3) is 0.143. The number of hydrogen-bond donors (Lipinski definition) is 0. The Balaban J connectivity index is 1.77. The van der Waals surface area contributed by atoms with Crippen molar-refractivity contribution in [1.29, 1.82) is 0 Å². The Labute approximate surface area is 184 Å². The summed E-state index contributed by atoms with van der Waals surface area (Å²) < 4.78 is 11.7. The summed E-state index contributed by atoms with van der Waals surface area (Å²) in [6.45, 7) is 3.57. The lowest BCUT2D eigenvalue weighted by molar-refractivity contribution is 0.171. The second kappa shape index (κ2) is 8.57. The molecule has 154 valence electrons. The monoisotopic (exact) mass is 425 g/mol. The van der Waals surface area contributed by atoms with Gasteiger partial charge in [0.2, 0.25) is 0 Å². The predicted octanol–water partition coefficient (Wildman–Crippen LogP) is 5.51. The first-order valence-corrected chi connectivity index (χ1v) is 12.6. The SMILES string of the molecule is CC(c1ccc2c(c1)OCCO2)[P+](c1ccccc1)(c1ccccc1)c1ccccc1. The van der Waals surface area contributed by atoms with Gasteiger partial charge in [-0.05, 0) is 61.0 Å². The minimum absolute atomic E-state index is 0.260. The molecule has 0 spiro atoms. The summed E-state index contributed by atoms with van der Waals surface area (Å²) in [6, 6.07) is 39.5. The van der Waals surface area contributed by atoms with Crippen LogP contribution >= 0.6 is 7.26 Å². The average Bonchev–Trinajstić information content (AvgIpc) is 2.86. The van der Waals surface area contributed by atoms with Gasteiger partial charge >= 0.3 is 0 Å². The number of rotatable bonds is 5. The van der Waals surface area contributed by atoms with E-state index in [0.717, 1.165) is 11.5 Å². The molecule has 3 heteroatoms. The molecule has 4 aromatic rings. The van der Waals surface area contributed by atoms with Crippen molar-refractivity contribution in [3.05, 3.63) is 115 Å². The van der Waals surface area contributed by atoms with Crippen molar-refractivity contribution >= 4 is 23.2 Å². The lowest BCUT2D eigenvalue weighted by atomic mass is 10.1. The smallest absolute Gasteiger partial charge is 0.161 e. The number of hydrogen-bond acceptors (Lipinski definition) is 2. The van der Waals surface area contributed by atoms with Crippen LogP contribution in [-0.4, -0.2) is 13.2 Å². The van der Waals surface area contributed by atoms with E-state index in [1.807, 2.05) is 0 Å². The predicted molar refractivity (Wildman–Crippen MR) is 131 cm³/mol. The minimum atomic E-state index is -2.00. The molecule has 0 aromatic heterocycles. The Morgan fingerprint density at radius 1 is 0.581 bits per heavy atom. The molecule has 0 fully saturated rings. The Hall–Kier alpha value is -3.09. The van der Waals surface area contributed by atoms with Crippen molar-refractivity contribution in [2.45, 2.75) is 12.6 Å². The molecule has 0 saturated heterocycles. The van der Waals surface area contributed by atoms with E-state index in [1.54, 1.807) is 0 Å². The summed E-state index contributed by atoms with van der Waals surface area (Å²) in [5.74, 6) is 1.69. The van der Waals surface area contributed by atoms with Crippen LogP contribution in [0.5, 0.6) is 11.5 Å². The Morgan fingerprint density at radius 2 is 1.03 bits per heavy atom. The molecule has 5 rings (SSSR count). The van der Waals surface area contributed by atoms with Crippen LogP contribution in [0.4, 0.5) is 0 Å². The van der Waals surface area contributed by atoms with E-state index >= 15 is 0 Å². The topological polar surface area (TPSA) is 18.5 Å². The van der Waals surface area contributed by atoms with Gasteiger partial charge in [-0.25, -0.2) is 0 Å². The molecule has 1 atom stereocenters. The van der Waals surface area contributed by atoms with Crippen LogP contribution in [0.15, 0.2) is 109 Å². The molecule has 0 N–H and O–H groups in total. The van der Waals surface area contributed by atoms with Gasteiger partial charge in [0.05, 0.1) is 0 Å². The number of fused-ring (bicyclic) bond motifs is 1. The third-order valence-electron chi connectivity index (χ3n) is 6.12. The first-order chi connectivity index (χ1) is 15.3. The van der Waals surface area contributed by atoms with Crippen LogP contribution in [-0.2, 0) is 0 Å². The molecule has 0 saturated carbocycles. The standard InChI is InChI=1S/C28H26O2P/c1-22(23-17-18-27-28(21-23)30-20-19-29-27)31(24-11-5-2-6-12-24,25-13-7-3-8-14-25)26-15-9-4-10-16-26/h2-18,21-22H,19-20H2,1H3/q+1.